The largest absolute Gasteiger partial charge is 0.369 e. The van der Waals surface area contributed by atoms with E-state index in [4.69, 9.17) is 11.6 Å². The van der Waals surface area contributed by atoms with Gasteiger partial charge in [0.2, 0.25) is 0 Å². The van der Waals surface area contributed by atoms with E-state index in [2.05, 4.69) is 26.6 Å². The maximum Gasteiger partial charge on any atom is 0.253 e. The highest BCUT2D eigenvalue weighted by Gasteiger charge is 2.31. The average Bonchev–Trinajstić information content (AvgIpc) is 3.29. The summed E-state index contributed by atoms with van der Waals surface area (Å²) in [5.41, 5.74) is 1.52. The summed E-state index contributed by atoms with van der Waals surface area (Å²) in [6.07, 6.45) is 0. The van der Waals surface area contributed by atoms with Crippen LogP contribution in [0.3, 0.4) is 0 Å². The number of halogens is 2. The van der Waals surface area contributed by atoms with Crippen molar-refractivity contribution in [1.29, 1.82) is 0 Å². The summed E-state index contributed by atoms with van der Waals surface area (Å²) in [4.78, 5) is 18.8. The van der Waals surface area contributed by atoms with Gasteiger partial charge < -0.3 is 10.2 Å². The van der Waals surface area contributed by atoms with Crippen molar-refractivity contribution in [2.75, 3.05) is 31.1 Å². The summed E-state index contributed by atoms with van der Waals surface area (Å²) in [6.45, 7) is 5.45. The number of piperazine rings is 1. The molecule has 1 aromatic heterocycles. The molecule has 0 saturated carbocycles. The monoisotopic (exact) mass is 457 g/mol. The van der Waals surface area contributed by atoms with Crippen LogP contribution < -0.4 is 10.2 Å². The topological polar surface area (TPSA) is 35.6 Å². The van der Waals surface area contributed by atoms with E-state index in [9.17, 15) is 9.18 Å². The molecule has 0 bridgehead atoms. The number of nitrogens with one attached hydrogen (secondary N) is 1. The number of hydrogen-bond acceptors (Lipinski definition) is 4. The normalized spacial score (nSPS) is 16.7. The minimum atomic E-state index is -0.219. The molecule has 162 valence electrons. The number of carbonyl (C=O) groups is 1. The molecule has 1 fully saturated rings. The zero-order chi connectivity index (χ0) is 21.8. The lowest BCUT2D eigenvalue weighted by molar-refractivity contribution is 0.0891. The van der Waals surface area contributed by atoms with Crippen molar-refractivity contribution < 1.29 is 9.18 Å². The molecule has 2 atom stereocenters. The second kappa shape index (κ2) is 9.81. The maximum atomic E-state index is 13.3. The molecule has 0 aliphatic carbocycles. The predicted octanol–water partition coefficient (Wildman–Crippen LogP) is 5.22. The lowest BCUT2D eigenvalue weighted by Crippen LogP contribution is -2.52. The molecule has 31 heavy (non-hydrogen) atoms. The van der Waals surface area contributed by atoms with Gasteiger partial charge in [-0.2, -0.15) is 0 Å². The van der Waals surface area contributed by atoms with Gasteiger partial charge in [-0.25, -0.2) is 4.39 Å². The molecule has 0 unspecified atom stereocenters. The number of thiophene rings is 1. The molecule has 0 spiro atoms. The number of carbonyl (C=O) groups excluding carboxylic acids is 1. The van der Waals surface area contributed by atoms with E-state index < -0.39 is 0 Å². The van der Waals surface area contributed by atoms with Crippen molar-refractivity contribution in [2.24, 2.45) is 0 Å². The first-order chi connectivity index (χ1) is 15.0. The highest BCUT2D eigenvalue weighted by molar-refractivity contribution is 7.10. The quantitative estimate of drug-likeness (QED) is 0.551. The Balaban J connectivity index is 1.47. The molecule has 0 radical (unpaired) electrons. The Morgan fingerprint density at radius 1 is 1.03 bits per heavy atom. The summed E-state index contributed by atoms with van der Waals surface area (Å²) in [7, 11) is 0. The first-order valence-corrected chi connectivity index (χ1v) is 11.6. The number of anilines is 1. The van der Waals surface area contributed by atoms with E-state index in [-0.39, 0.29) is 23.8 Å². The van der Waals surface area contributed by atoms with Crippen molar-refractivity contribution in [3.63, 3.8) is 0 Å². The lowest BCUT2D eigenvalue weighted by Gasteiger charge is -2.42. The fourth-order valence-corrected chi connectivity index (χ4v) is 5.31. The van der Waals surface area contributed by atoms with E-state index >= 15 is 0 Å². The molecule has 1 aliphatic rings. The second-order valence-electron chi connectivity index (χ2n) is 7.70. The molecule has 7 heteroatoms. The van der Waals surface area contributed by atoms with Gasteiger partial charge >= 0.3 is 0 Å². The van der Waals surface area contributed by atoms with Crippen LogP contribution in [-0.2, 0) is 0 Å². The fraction of sp³-hybridized carbons (Fsp3) is 0.292. The Kier molecular flexibility index (Phi) is 6.90. The van der Waals surface area contributed by atoms with Crippen LogP contribution in [-0.4, -0.2) is 43.0 Å². The van der Waals surface area contributed by atoms with Crippen molar-refractivity contribution in [3.8, 4) is 0 Å². The van der Waals surface area contributed by atoms with Crippen LogP contribution in [0.1, 0.15) is 28.2 Å². The summed E-state index contributed by atoms with van der Waals surface area (Å²) in [6, 6.07) is 17.9. The zero-order valence-electron chi connectivity index (χ0n) is 17.3. The smallest absolute Gasteiger partial charge is 0.253 e. The Morgan fingerprint density at radius 2 is 1.74 bits per heavy atom. The van der Waals surface area contributed by atoms with Crippen LogP contribution in [0, 0.1) is 5.82 Å². The van der Waals surface area contributed by atoms with Gasteiger partial charge in [0.25, 0.3) is 5.91 Å². The van der Waals surface area contributed by atoms with Crippen LogP contribution in [0.4, 0.5) is 10.1 Å². The van der Waals surface area contributed by atoms with Crippen molar-refractivity contribution in [1.82, 2.24) is 10.2 Å². The average molecular weight is 458 g/mol. The van der Waals surface area contributed by atoms with Gasteiger partial charge in [0.1, 0.15) is 5.82 Å². The first kappa shape index (κ1) is 21.8. The summed E-state index contributed by atoms with van der Waals surface area (Å²) >= 11 is 7.92. The third kappa shape index (κ3) is 5.09. The van der Waals surface area contributed by atoms with Crippen LogP contribution >= 0.6 is 22.9 Å². The molecule has 1 saturated heterocycles. The minimum Gasteiger partial charge on any atom is -0.369 e. The lowest BCUT2D eigenvalue weighted by atomic mass is 10.0. The van der Waals surface area contributed by atoms with Crippen molar-refractivity contribution in [2.45, 2.75) is 19.0 Å². The Hall–Kier alpha value is -2.41. The molecule has 3 aromatic rings. The minimum absolute atomic E-state index is 0.0711. The van der Waals surface area contributed by atoms with Crippen molar-refractivity contribution in [3.05, 3.63) is 87.3 Å². The number of rotatable bonds is 6. The first-order valence-electron chi connectivity index (χ1n) is 10.4. The zero-order valence-corrected chi connectivity index (χ0v) is 18.9. The molecular formula is C24H25ClFN3OS. The molecule has 1 amide bonds. The molecule has 4 rings (SSSR count). The number of hydrogen-bond donors (Lipinski definition) is 1. The van der Waals surface area contributed by atoms with Crippen LogP contribution in [0.2, 0.25) is 5.02 Å². The molecule has 2 aromatic carbocycles. The Labute approximate surface area is 191 Å². The molecule has 4 nitrogen and oxygen atoms in total. The van der Waals surface area contributed by atoms with Gasteiger partial charge in [-0.1, -0.05) is 29.8 Å². The van der Waals surface area contributed by atoms with Crippen LogP contribution in [0.5, 0.6) is 0 Å². The van der Waals surface area contributed by atoms with E-state index in [0.717, 1.165) is 31.9 Å². The van der Waals surface area contributed by atoms with Gasteiger partial charge in [0.05, 0.1) is 16.6 Å². The summed E-state index contributed by atoms with van der Waals surface area (Å²) in [5.74, 6) is -0.382. The van der Waals surface area contributed by atoms with E-state index in [1.54, 1.807) is 23.5 Å². The number of nitrogens with zero attached hydrogens (tertiary/aromatic N) is 2. The van der Waals surface area contributed by atoms with Gasteiger partial charge in [-0.3, -0.25) is 9.69 Å². The maximum absolute atomic E-state index is 13.3. The SMILES string of the molecule is C[C@H](NC(=O)c1ccccc1Cl)[C@H](c1cccs1)N1CCN(c2ccc(F)cc2)CC1. The van der Waals surface area contributed by atoms with E-state index in [1.807, 2.05) is 37.3 Å². The van der Waals surface area contributed by atoms with Gasteiger partial charge in [-0.15, -0.1) is 11.3 Å². The number of benzene rings is 2. The molecule has 2 heterocycles. The standard InChI is InChI=1S/C24H25ClFN3OS/c1-17(27-24(30)20-5-2-3-6-21(20)25)23(22-7-4-16-31-22)29-14-12-28(13-15-29)19-10-8-18(26)9-11-19/h2-11,16-17,23H,12-15H2,1H3,(H,27,30)/t17-,23+/m0/s1. The molecular weight excluding hydrogens is 433 g/mol. The van der Waals surface area contributed by atoms with Gasteiger partial charge in [0.15, 0.2) is 0 Å². The Bertz CT molecular complexity index is 1000. The second-order valence-corrected chi connectivity index (χ2v) is 9.09. The molecule has 1 N–H and O–H groups in total. The highest BCUT2D eigenvalue weighted by atomic mass is 35.5. The summed E-state index contributed by atoms with van der Waals surface area (Å²) < 4.78 is 13.3. The van der Waals surface area contributed by atoms with Crippen LogP contribution in [0.15, 0.2) is 66.0 Å². The highest BCUT2D eigenvalue weighted by Crippen LogP contribution is 2.30. The van der Waals surface area contributed by atoms with E-state index in [0.29, 0.717) is 10.6 Å². The van der Waals surface area contributed by atoms with Gasteiger partial charge in [0, 0.05) is 42.8 Å². The number of amides is 1. The fourth-order valence-electron chi connectivity index (χ4n) is 4.12. The summed E-state index contributed by atoms with van der Waals surface area (Å²) in [5, 5.41) is 5.68. The third-order valence-electron chi connectivity index (χ3n) is 5.68. The third-order valence-corrected chi connectivity index (χ3v) is 6.96. The van der Waals surface area contributed by atoms with Crippen molar-refractivity contribution >= 4 is 34.5 Å². The van der Waals surface area contributed by atoms with E-state index in [1.165, 1.54) is 17.0 Å². The van der Waals surface area contributed by atoms with Gasteiger partial charge in [-0.05, 0) is 54.8 Å². The predicted molar refractivity (Wildman–Crippen MR) is 126 cm³/mol. The molecule has 1 aliphatic heterocycles. The Morgan fingerprint density at radius 3 is 2.39 bits per heavy atom. The van der Waals surface area contributed by atoms with Crippen LogP contribution in [0.25, 0.3) is 0 Å².